The van der Waals surface area contributed by atoms with E-state index in [0.29, 0.717) is 37.4 Å². The van der Waals surface area contributed by atoms with Gasteiger partial charge in [0.2, 0.25) is 10.0 Å². The Bertz CT molecular complexity index is 922. The Morgan fingerprint density at radius 3 is 2.39 bits per heavy atom. The number of para-hydroxylation sites is 1. The highest BCUT2D eigenvalue weighted by molar-refractivity contribution is 7.89. The summed E-state index contributed by atoms with van der Waals surface area (Å²) in [5.74, 6) is 0.403. The first-order valence-electron chi connectivity index (χ1n) is 9.44. The molecular formula is C21H28N2O4S. The maximum absolute atomic E-state index is 12.8. The Labute approximate surface area is 167 Å². The van der Waals surface area contributed by atoms with Crippen molar-refractivity contribution in [2.24, 2.45) is 0 Å². The Morgan fingerprint density at radius 1 is 1.07 bits per heavy atom. The SMILES string of the molecule is CCOc1ccccc1CNC(=O)c1cc(S(=O)(=O)N(CC)CC)ccc1C. The number of nitrogens with one attached hydrogen (secondary N) is 1. The van der Waals surface area contributed by atoms with Crippen LogP contribution < -0.4 is 10.1 Å². The van der Waals surface area contributed by atoms with E-state index in [1.807, 2.05) is 31.2 Å². The Morgan fingerprint density at radius 2 is 1.75 bits per heavy atom. The van der Waals surface area contributed by atoms with Crippen LogP contribution in [-0.2, 0) is 16.6 Å². The van der Waals surface area contributed by atoms with Crippen molar-refractivity contribution in [2.75, 3.05) is 19.7 Å². The predicted octanol–water partition coefficient (Wildman–Crippen LogP) is 3.35. The van der Waals surface area contributed by atoms with E-state index in [-0.39, 0.29) is 10.8 Å². The average Bonchev–Trinajstić information content (AvgIpc) is 2.68. The lowest BCUT2D eigenvalue weighted by Gasteiger charge is -2.19. The highest BCUT2D eigenvalue weighted by atomic mass is 32.2. The summed E-state index contributed by atoms with van der Waals surface area (Å²) in [5, 5.41) is 2.86. The van der Waals surface area contributed by atoms with Crippen LogP contribution in [0.1, 0.15) is 42.3 Å². The first kappa shape index (κ1) is 21.9. The molecule has 1 N–H and O–H groups in total. The molecule has 0 aliphatic rings. The summed E-state index contributed by atoms with van der Waals surface area (Å²) < 4.78 is 32.5. The normalized spacial score (nSPS) is 11.5. The van der Waals surface area contributed by atoms with Gasteiger partial charge in [-0.05, 0) is 37.6 Å². The number of aryl methyl sites for hydroxylation is 1. The second-order valence-electron chi connectivity index (χ2n) is 6.29. The Balaban J connectivity index is 2.25. The van der Waals surface area contributed by atoms with E-state index < -0.39 is 10.0 Å². The number of amides is 1. The molecule has 0 aromatic heterocycles. The van der Waals surface area contributed by atoms with Gasteiger partial charge in [0.1, 0.15) is 5.75 Å². The van der Waals surface area contributed by atoms with Gasteiger partial charge in [-0.25, -0.2) is 8.42 Å². The summed E-state index contributed by atoms with van der Waals surface area (Å²) >= 11 is 0. The van der Waals surface area contributed by atoms with E-state index in [1.165, 1.54) is 10.4 Å². The lowest BCUT2D eigenvalue weighted by Crippen LogP contribution is -2.31. The molecule has 28 heavy (non-hydrogen) atoms. The number of nitrogens with zero attached hydrogens (tertiary/aromatic N) is 1. The maximum Gasteiger partial charge on any atom is 0.251 e. The molecule has 6 nitrogen and oxygen atoms in total. The largest absolute Gasteiger partial charge is 0.494 e. The lowest BCUT2D eigenvalue weighted by molar-refractivity contribution is 0.0950. The second kappa shape index (κ2) is 9.71. The van der Waals surface area contributed by atoms with Crippen molar-refractivity contribution in [1.29, 1.82) is 0 Å². The van der Waals surface area contributed by atoms with Crippen LogP contribution in [0.25, 0.3) is 0 Å². The molecule has 0 fully saturated rings. The van der Waals surface area contributed by atoms with Gasteiger partial charge >= 0.3 is 0 Å². The molecule has 0 saturated heterocycles. The molecule has 0 bridgehead atoms. The van der Waals surface area contributed by atoms with Gasteiger partial charge in [-0.1, -0.05) is 38.1 Å². The molecule has 0 radical (unpaired) electrons. The van der Waals surface area contributed by atoms with Gasteiger partial charge in [-0.15, -0.1) is 0 Å². The molecular weight excluding hydrogens is 376 g/mol. The van der Waals surface area contributed by atoms with Gasteiger partial charge in [-0.3, -0.25) is 4.79 Å². The van der Waals surface area contributed by atoms with Crippen molar-refractivity contribution in [2.45, 2.75) is 39.1 Å². The van der Waals surface area contributed by atoms with Crippen molar-refractivity contribution < 1.29 is 17.9 Å². The number of carbonyl (C=O) groups is 1. The third-order valence-electron chi connectivity index (χ3n) is 4.51. The fraction of sp³-hybridized carbons (Fsp3) is 0.381. The number of benzene rings is 2. The molecule has 0 spiro atoms. The van der Waals surface area contributed by atoms with E-state index in [4.69, 9.17) is 4.74 Å². The monoisotopic (exact) mass is 404 g/mol. The van der Waals surface area contributed by atoms with E-state index in [9.17, 15) is 13.2 Å². The van der Waals surface area contributed by atoms with Crippen LogP contribution in [0, 0.1) is 6.92 Å². The summed E-state index contributed by atoms with van der Waals surface area (Å²) in [6.45, 7) is 8.86. The van der Waals surface area contributed by atoms with E-state index in [1.54, 1.807) is 32.9 Å². The molecule has 2 aromatic carbocycles. The minimum absolute atomic E-state index is 0.127. The standard InChI is InChI=1S/C21H28N2O4S/c1-5-23(6-2)28(25,26)18-13-12-16(4)19(14-18)21(24)22-15-17-10-8-9-11-20(17)27-7-3/h8-14H,5-7,15H2,1-4H3,(H,22,24). The molecule has 0 aliphatic carbocycles. The van der Waals surface area contributed by atoms with Crippen LogP contribution in [0.4, 0.5) is 0 Å². The summed E-state index contributed by atoms with van der Waals surface area (Å²) in [6, 6.07) is 12.2. The minimum Gasteiger partial charge on any atom is -0.494 e. The van der Waals surface area contributed by atoms with Crippen molar-refractivity contribution in [3.63, 3.8) is 0 Å². The molecule has 0 heterocycles. The van der Waals surface area contributed by atoms with Gasteiger partial charge in [0.15, 0.2) is 0 Å². The van der Waals surface area contributed by atoms with Crippen molar-refractivity contribution in [3.8, 4) is 5.75 Å². The molecule has 7 heteroatoms. The number of hydrogen-bond acceptors (Lipinski definition) is 4. The third-order valence-corrected chi connectivity index (χ3v) is 6.55. The predicted molar refractivity (Wildman–Crippen MR) is 110 cm³/mol. The van der Waals surface area contributed by atoms with Gasteiger partial charge in [0, 0.05) is 30.8 Å². The number of carbonyl (C=O) groups excluding carboxylic acids is 1. The van der Waals surface area contributed by atoms with Crippen molar-refractivity contribution in [1.82, 2.24) is 9.62 Å². The van der Waals surface area contributed by atoms with Gasteiger partial charge in [-0.2, -0.15) is 4.31 Å². The maximum atomic E-state index is 12.8. The first-order chi connectivity index (χ1) is 13.3. The van der Waals surface area contributed by atoms with Crippen molar-refractivity contribution >= 4 is 15.9 Å². The van der Waals surface area contributed by atoms with Crippen LogP contribution in [0.2, 0.25) is 0 Å². The minimum atomic E-state index is -3.62. The second-order valence-corrected chi connectivity index (χ2v) is 8.23. The number of hydrogen-bond donors (Lipinski definition) is 1. The molecule has 0 atom stereocenters. The lowest BCUT2D eigenvalue weighted by atomic mass is 10.1. The van der Waals surface area contributed by atoms with Crippen LogP contribution in [0.3, 0.4) is 0 Å². The Hall–Kier alpha value is -2.38. The highest BCUT2D eigenvalue weighted by Crippen LogP contribution is 2.21. The molecule has 0 unspecified atom stereocenters. The summed E-state index contributed by atoms with van der Waals surface area (Å²) in [5.41, 5.74) is 1.93. The fourth-order valence-electron chi connectivity index (χ4n) is 2.94. The fourth-order valence-corrected chi connectivity index (χ4v) is 4.42. The molecule has 152 valence electrons. The van der Waals surface area contributed by atoms with E-state index >= 15 is 0 Å². The summed E-state index contributed by atoms with van der Waals surface area (Å²) in [4.78, 5) is 12.9. The Kier molecular flexibility index (Phi) is 7.60. The molecule has 2 rings (SSSR count). The van der Waals surface area contributed by atoms with Crippen LogP contribution in [0.5, 0.6) is 5.75 Å². The first-order valence-corrected chi connectivity index (χ1v) is 10.9. The zero-order valence-electron chi connectivity index (χ0n) is 16.9. The van der Waals surface area contributed by atoms with Gasteiger partial charge < -0.3 is 10.1 Å². The van der Waals surface area contributed by atoms with E-state index in [2.05, 4.69) is 5.32 Å². The van der Waals surface area contributed by atoms with Crippen LogP contribution in [0.15, 0.2) is 47.4 Å². The average molecular weight is 405 g/mol. The quantitative estimate of drug-likeness (QED) is 0.695. The molecule has 2 aromatic rings. The van der Waals surface area contributed by atoms with Crippen LogP contribution >= 0.6 is 0 Å². The number of sulfonamides is 1. The topological polar surface area (TPSA) is 75.7 Å². The highest BCUT2D eigenvalue weighted by Gasteiger charge is 2.23. The van der Waals surface area contributed by atoms with Gasteiger partial charge in [0.25, 0.3) is 5.91 Å². The van der Waals surface area contributed by atoms with E-state index in [0.717, 1.165) is 11.3 Å². The van der Waals surface area contributed by atoms with Gasteiger partial charge in [0.05, 0.1) is 11.5 Å². The zero-order chi connectivity index (χ0) is 20.7. The summed E-state index contributed by atoms with van der Waals surface area (Å²) in [7, 11) is -3.62. The number of ether oxygens (including phenoxy) is 1. The molecule has 1 amide bonds. The third kappa shape index (κ3) is 4.91. The van der Waals surface area contributed by atoms with Crippen LogP contribution in [-0.4, -0.2) is 38.3 Å². The zero-order valence-corrected chi connectivity index (χ0v) is 17.7. The molecule has 0 aliphatic heterocycles. The van der Waals surface area contributed by atoms with Crippen molar-refractivity contribution in [3.05, 3.63) is 59.2 Å². The smallest absolute Gasteiger partial charge is 0.251 e. The summed E-state index contributed by atoms with van der Waals surface area (Å²) in [6.07, 6.45) is 0. The number of rotatable bonds is 9. The molecule has 0 saturated carbocycles.